The average molecular weight is 422 g/mol. The van der Waals surface area contributed by atoms with Crippen molar-refractivity contribution in [1.82, 2.24) is 4.72 Å². The number of esters is 1. The van der Waals surface area contributed by atoms with Gasteiger partial charge >= 0.3 is 5.97 Å². The van der Waals surface area contributed by atoms with Crippen molar-refractivity contribution in [3.05, 3.63) is 60.2 Å². The highest BCUT2D eigenvalue weighted by Gasteiger charge is 2.27. The van der Waals surface area contributed by atoms with Crippen LogP contribution in [0.4, 0.5) is 0 Å². The minimum atomic E-state index is -3.92. The standard InChI is InChI=1S/C21H27NO6S/c1-3-26-14-15-28-18-10-12-19(13-11-18)29(24,25)22-20(21(23)27-4-2)16-17-8-6-5-7-9-17/h5-13,20,22H,3-4,14-16H2,1-2H3. The van der Waals surface area contributed by atoms with Crippen molar-refractivity contribution >= 4 is 16.0 Å². The lowest BCUT2D eigenvalue weighted by molar-refractivity contribution is -0.145. The highest BCUT2D eigenvalue weighted by molar-refractivity contribution is 7.89. The molecule has 0 aromatic heterocycles. The monoisotopic (exact) mass is 421 g/mol. The largest absolute Gasteiger partial charge is 0.491 e. The van der Waals surface area contributed by atoms with Crippen molar-refractivity contribution in [2.45, 2.75) is 31.2 Å². The number of benzene rings is 2. The lowest BCUT2D eigenvalue weighted by atomic mass is 10.1. The van der Waals surface area contributed by atoms with Crippen LogP contribution in [0, 0.1) is 0 Å². The van der Waals surface area contributed by atoms with Crippen molar-refractivity contribution in [1.29, 1.82) is 0 Å². The van der Waals surface area contributed by atoms with Crippen LogP contribution >= 0.6 is 0 Å². The maximum Gasteiger partial charge on any atom is 0.324 e. The van der Waals surface area contributed by atoms with Gasteiger partial charge in [0.05, 0.1) is 18.1 Å². The van der Waals surface area contributed by atoms with Crippen molar-refractivity contribution in [3.63, 3.8) is 0 Å². The van der Waals surface area contributed by atoms with Gasteiger partial charge in [0.15, 0.2) is 0 Å². The van der Waals surface area contributed by atoms with Crippen LogP contribution in [0.3, 0.4) is 0 Å². The van der Waals surface area contributed by atoms with Crippen molar-refractivity contribution < 1.29 is 27.4 Å². The summed E-state index contributed by atoms with van der Waals surface area (Å²) < 4.78 is 43.7. The van der Waals surface area contributed by atoms with E-state index in [0.717, 1.165) is 5.56 Å². The number of nitrogens with one attached hydrogen (secondary N) is 1. The Hall–Kier alpha value is -2.42. The molecule has 0 saturated heterocycles. The molecule has 0 saturated carbocycles. The zero-order chi connectivity index (χ0) is 21.1. The van der Waals surface area contributed by atoms with Gasteiger partial charge in [0, 0.05) is 6.61 Å². The molecule has 0 radical (unpaired) electrons. The summed E-state index contributed by atoms with van der Waals surface area (Å²) >= 11 is 0. The molecule has 0 fully saturated rings. The molecule has 0 amide bonds. The Bertz CT molecular complexity index is 852. The van der Waals surface area contributed by atoms with Gasteiger partial charge in [-0.1, -0.05) is 30.3 Å². The fourth-order valence-corrected chi connectivity index (χ4v) is 3.78. The molecule has 0 aliphatic carbocycles. The Labute approximate surface area is 172 Å². The van der Waals surface area contributed by atoms with Crippen molar-refractivity contribution in [2.24, 2.45) is 0 Å². The third-order valence-electron chi connectivity index (χ3n) is 3.99. The Kier molecular flexibility index (Phi) is 9.11. The SMILES string of the molecule is CCOCCOc1ccc(S(=O)(=O)NC(Cc2ccccc2)C(=O)OCC)cc1. The summed E-state index contributed by atoms with van der Waals surface area (Å²) in [6, 6.07) is 14.1. The first-order chi connectivity index (χ1) is 14.0. The van der Waals surface area contributed by atoms with Crippen LogP contribution in [0.25, 0.3) is 0 Å². The van der Waals surface area contributed by atoms with Gasteiger partial charge in [-0.25, -0.2) is 8.42 Å². The van der Waals surface area contributed by atoms with Gasteiger partial charge in [-0.15, -0.1) is 0 Å². The minimum Gasteiger partial charge on any atom is -0.491 e. The Balaban J connectivity index is 2.09. The van der Waals surface area contributed by atoms with Crippen LogP contribution < -0.4 is 9.46 Å². The van der Waals surface area contributed by atoms with Gasteiger partial charge < -0.3 is 14.2 Å². The predicted octanol–water partition coefficient (Wildman–Crippen LogP) is 2.55. The summed E-state index contributed by atoms with van der Waals surface area (Å²) in [6.45, 7) is 5.18. The Morgan fingerprint density at radius 3 is 2.28 bits per heavy atom. The second-order valence-corrected chi connectivity index (χ2v) is 7.85. The first kappa shape index (κ1) is 22.9. The molecule has 0 heterocycles. The van der Waals surface area contributed by atoms with Gasteiger partial charge in [0.2, 0.25) is 10.0 Å². The smallest absolute Gasteiger partial charge is 0.324 e. The lowest BCUT2D eigenvalue weighted by Crippen LogP contribution is -2.43. The van der Waals surface area contributed by atoms with E-state index >= 15 is 0 Å². The number of hydrogen-bond acceptors (Lipinski definition) is 6. The number of sulfonamides is 1. The van der Waals surface area contributed by atoms with Crippen molar-refractivity contribution in [3.8, 4) is 5.75 Å². The lowest BCUT2D eigenvalue weighted by Gasteiger charge is -2.18. The van der Waals surface area contributed by atoms with E-state index in [1.165, 1.54) is 12.1 Å². The van der Waals surface area contributed by atoms with Crippen LogP contribution in [-0.2, 0) is 30.7 Å². The summed E-state index contributed by atoms with van der Waals surface area (Å²) in [4.78, 5) is 12.3. The first-order valence-corrected chi connectivity index (χ1v) is 11.0. The zero-order valence-electron chi connectivity index (χ0n) is 16.7. The van der Waals surface area contributed by atoms with Crippen LogP contribution in [0.2, 0.25) is 0 Å². The molecule has 0 spiro atoms. The molecule has 1 atom stereocenters. The molecule has 2 aromatic carbocycles. The van der Waals surface area contributed by atoms with E-state index in [4.69, 9.17) is 14.2 Å². The molecule has 7 nitrogen and oxygen atoms in total. The van der Waals surface area contributed by atoms with Gasteiger partial charge in [-0.3, -0.25) is 4.79 Å². The van der Waals surface area contributed by atoms with E-state index in [1.54, 1.807) is 19.1 Å². The number of rotatable bonds is 12. The Morgan fingerprint density at radius 1 is 0.966 bits per heavy atom. The molecule has 0 aliphatic heterocycles. The molecule has 158 valence electrons. The minimum absolute atomic E-state index is 0.0389. The van der Waals surface area contributed by atoms with Crippen LogP contribution in [0.5, 0.6) is 5.75 Å². The summed E-state index contributed by atoms with van der Waals surface area (Å²) in [5, 5.41) is 0. The third kappa shape index (κ3) is 7.49. The molecule has 2 aromatic rings. The summed E-state index contributed by atoms with van der Waals surface area (Å²) in [6.07, 6.45) is 0.192. The maximum atomic E-state index is 12.8. The summed E-state index contributed by atoms with van der Waals surface area (Å²) in [7, 11) is -3.92. The van der Waals surface area contributed by atoms with Crippen LogP contribution in [0.15, 0.2) is 59.5 Å². The normalized spacial score (nSPS) is 12.3. The highest BCUT2D eigenvalue weighted by atomic mass is 32.2. The summed E-state index contributed by atoms with van der Waals surface area (Å²) in [5.74, 6) is -0.0781. The third-order valence-corrected chi connectivity index (χ3v) is 5.47. The van der Waals surface area contributed by atoms with Crippen molar-refractivity contribution in [2.75, 3.05) is 26.4 Å². The predicted molar refractivity (Wildman–Crippen MR) is 109 cm³/mol. The number of carbonyl (C=O) groups is 1. The molecular weight excluding hydrogens is 394 g/mol. The Morgan fingerprint density at radius 2 is 1.66 bits per heavy atom. The van der Waals surface area contributed by atoms with E-state index in [1.807, 2.05) is 37.3 Å². The molecule has 2 rings (SSSR count). The van der Waals surface area contributed by atoms with Gasteiger partial charge in [-0.05, 0) is 50.1 Å². The quantitative estimate of drug-likeness (QED) is 0.418. The highest BCUT2D eigenvalue weighted by Crippen LogP contribution is 2.17. The molecule has 1 N–H and O–H groups in total. The molecule has 8 heteroatoms. The van der Waals surface area contributed by atoms with Crippen LogP contribution in [-0.4, -0.2) is 46.9 Å². The summed E-state index contributed by atoms with van der Waals surface area (Å²) in [5.41, 5.74) is 0.825. The molecule has 0 aliphatic rings. The topological polar surface area (TPSA) is 90.9 Å². The van der Waals surface area contributed by atoms with E-state index in [-0.39, 0.29) is 17.9 Å². The molecule has 1 unspecified atom stereocenters. The van der Waals surface area contributed by atoms with Gasteiger partial charge in [0.25, 0.3) is 0 Å². The fraction of sp³-hybridized carbons (Fsp3) is 0.381. The second kappa shape index (κ2) is 11.5. The molecular formula is C21H27NO6S. The second-order valence-electron chi connectivity index (χ2n) is 6.13. The number of carbonyl (C=O) groups excluding carboxylic acids is 1. The molecule has 0 bridgehead atoms. The van der Waals surface area contributed by atoms with E-state index in [9.17, 15) is 13.2 Å². The molecule has 29 heavy (non-hydrogen) atoms. The maximum absolute atomic E-state index is 12.8. The van der Waals surface area contributed by atoms with E-state index in [2.05, 4.69) is 4.72 Å². The van der Waals surface area contributed by atoms with Gasteiger partial charge in [0.1, 0.15) is 18.4 Å². The van der Waals surface area contributed by atoms with E-state index in [0.29, 0.717) is 25.6 Å². The zero-order valence-corrected chi connectivity index (χ0v) is 17.5. The average Bonchev–Trinajstić information content (AvgIpc) is 2.72. The van der Waals surface area contributed by atoms with E-state index < -0.39 is 22.0 Å². The van der Waals surface area contributed by atoms with Gasteiger partial charge in [-0.2, -0.15) is 4.72 Å². The number of ether oxygens (including phenoxy) is 3. The van der Waals surface area contributed by atoms with Crippen LogP contribution in [0.1, 0.15) is 19.4 Å². The first-order valence-electron chi connectivity index (χ1n) is 9.49. The number of hydrogen-bond donors (Lipinski definition) is 1. The fourth-order valence-electron chi connectivity index (χ4n) is 2.60.